The topological polar surface area (TPSA) is 440 Å². The lowest BCUT2D eigenvalue weighted by Gasteiger charge is -2.32. The smallest absolute Gasteiger partial charge is 0.305 e. The van der Waals surface area contributed by atoms with Crippen LogP contribution in [0.25, 0.3) is 21.8 Å². The molecule has 0 saturated carbocycles. The molecule has 2 aliphatic rings. The van der Waals surface area contributed by atoms with Crippen LogP contribution >= 0.6 is 0 Å². The first-order valence-corrected chi connectivity index (χ1v) is 32.5. The average molecular weight is 1340 g/mol. The Morgan fingerprint density at radius 3 is 1.70 bits per heavy atom. The van der Waals surface area contributed by atoms with E-state index in [4.69, 9.17) is 11.5 Å². The van der Waals surface area contributed by atoms with Crippen molar-refractivity contribution in [3.8, 4) is 5.75 Å². The number of H-pyrrole nitrogens is 2. The minimum absolute atomic E-state index is 0.0239. The van der Waals surface area contributed by atoms with E-state index in [-0.39, 0.29) is 76.1 Å². The molecule has 8 rings (SSSR count). The maximum atomic E-state index is 15.3. The lowest BCUT2D eigenvalue weighted by atomic mass is 9.98. The van der Waals surface area contributed by atoms with E-state index in [1.54, 1.807) is 119 Å². The third-order valence-corrected chi connectivity index (χ3v) is 17.1. The van der Waals surface area contributed by atoms with Gasteiger partial charge in [-0.2, -0.15) is 0 Å². The number of fused-ring (bicyclic) bond motifs is 3. The van der Waals surface area contributed by atoms with Gasteiger partial charge in [0.25, 0.3) is 0 Å². The Balaban J connectivity index is 1.21. The second kappa shape index (κ2) is 33.7. The summed E-state index contributed by atoms with van der Waals surface area (Å²) in [7, 11) is 0. The lowest BCUT2D eigenvalue weighted by Crippen LogP contribution is -2.62. The van der Waals surface area contributed by atoms with Crippen molar-refractivity contribution >= 4 is 92.8 Å². The number of phenols is 1. The number of hydrogen-bond donors (Lipinski definition) is 15. The van der Waals surface area contributed by atoms with Gasteiger partial charge in [-0.15, -0.1) is 0 Å². The Bertz CT molecular complexity index is 3800. The molecule has 2 saturated heterocycles. The molecular weight excluding hydrogens is 1250 g/mol. The van der Waals surface area contributed by atoms with Gasteiger partial charge in [-0.25, -0.2) is 0 Å². The van der Waals surface area contributed by atoms with E-state index < -0.39 is 150 Å². The van der Waals surface area contributed by atoms with Crippen LogP contribution in [-0.2, 0) is 83.2 Å². The summed E-state index contributed by atoms with van der Waals surface area (Å²) in [6.07, 6.45) is -0.793. The summed E-state index contributed by atoms with van der Waals surface area (Å²) in [5, 5.41) is 45.8. The third-order valence-electron chi connectivity index (χ3n) is 17.1. The van der Waals surface area contributed by atoms with Crippen LogP contribution in [0.4, 0.5) is 0 Å². The van der Waals surface area contributed by atoms with Gasteiger partial charge < -0.3 is 84.4 Å². The molecule has 97 heavy (non-hydrogen) atoms. The minimum atomic E-state index is -2.02. The highest BCUT2D eigenvalue weighted by Crippen LogP contribution is 2.24. The lowest BCUT2D eigenvalue weighted by molar-refractivity contribution is -0.142. The summed E-state index contributed by atoms with van der Waals surface area (Å²) < 4.78 is 0. The first-order valence-electron chi connectivity index (χ1n) is 32.5. The van der Waals surface area contributed by atoms with Crippen LogP contribution in [0, 0.1) is 11.8 Å². The average Bonchev–Trinajstić information content (AvgIpc) is 1.77. The highest BCUT2D eigenvalue weighted by atomic mass is 16.4. The predicted molar refractivity (Wildman–Crippen MR) is 357 cm³/mol. The van der Waals surface area contributed by atoms with Crippen LogP contribution in [0.1, 0.15) is 95.0 Å². The molecule has 516 valence electrons. The molecular formula is C69H86N14O14. The van der Waals surface area contributed by atoms with Crippen LogP contribution in [0.2, 0.25) is 0 Å². The highest BCUT2D eigenvalue weighted by molar-refractivity contribution is 6.01. The maximum absolute atomic E-state index is 15.3. The Morgan fingerprint density at radius 2 is 1.06 bits per heavy atom. The Hall–Kier alpha value is -10.6. The largest absolute Gasteiger partial charge is 0.508 e. The number of aromatic hydroxyl groups is 1. The number of carboxylic acid groups (broad SMARTS) is 1. The summed E-state index contributed by atoms with van der Waals surface area (Å²) in [4.78, 5) is 182. The maximum Gasteiger partial charge on any atom is 0.305 e. The fourth-order valence-electron chi connectivity index (χ4n) is 12.1. The van der Waals surface area contributed by atoms with Crippen LogP contribution in [0.3, 0.4) is 0 Å². The van der Waals surface area contributed by atoms with Crippen LogP contribution in [0.15, 0.2) is 115 Å². The number of aromatic amines is 2. The fourth-order valence-corrected chi connectivity index (χ4v) is 12.1. The zero-order valence-electron chi connectivity index (χ0n) is 54.5. The molecule has 2 aromatic heterocycles. The van der Waals surface area contributed by atoms with Crippen molar-refractivity contribution < 1.29 is 67.7 Å². The monoisotopic (exact) mass is 1330 g/mol. The molecule has 0 unspecified atom stereocenters. The van der Waals surface area contributed by atoms with E-state index in [1.165, 1.54) is 17.0 Å². The standard InChI is InChI=1S/C69H86N14O14/c1-37(2)28-49-61(89)81-55(30-40-22-24-44(84)25-23-40)69(97)83-27-13-21-56(83)67(95)80-52(33-43-31-41-16-8-10-18-46(41)73-43)63(91)76-50(29-39-14-6-5-7-15-39)62(90)78-53(34-57(71)85)64(92)79-54(35-58(86)87)65(93)77-51(32-42-36-72-47-19-11-9-17-45(42)47)66(94)82-59(38(3)4)68(96)74-48(20-12-26-70)60(88)75-49/h5-11,14-19,22-25,31,36-38,48-56,59,72-73,84H,12-13,20-21,26-30,32-35,70H2,1-4H3,(H2,71,85)(H,74,96)(H,75,88)(H,76,91)(H,77,93)(H,78,90)(H,79,92)(H,80,95)(H,81,89)(H,82,94)(H,86,87)/t48-,49-,50+,51-,52-,53-,54+,55+,56-,59-/m0/s1. The number of amides is 11. The number of rotatable bonds is 18. The van der Waals surface area contributed by atoms with E-state index in [0.29, 0.717) is 45.2 Å². The zero-order chi connectivity index (χ0) is 70.0. The number of aromatic nitrogens is 2. The Labute approximate surface area is 559 Å². The van der Waals surface area contributed by atoms with Gasteiger partial charge in [0, 0.05) is 60.5 Å². The first-order chi connectivity index (χ1) is 46.3. The molecule has 28 heteroatoms. The van der Waals surface area contributed by atoms with Crippen molar-refractivity contribution in [1.82, 2.24) is 62.7 Å². The molecule has 6 aromatic rings. The number of nitrogens with two attached hydrogens (primary N) is 2. The van der Waals surface area contributed by atoms with Gasteiger partial charge in [-0.3, -0.25) is 57.5 Å². The zero-order valence-corrected chi connectivity index (χ0v) is 54.5. The van der Waals surface area contributed by atoms with Crippen LogP contribution < -0.4 is 59.3 Å². The number of carboxylic acids is 1. The van der Waals surface area contributed by atoms with Crippen molar-refractivity contribution in [2.24, 2.45) is 23.3 Å². The number of nitrogens with zero attached hydrogens (tertiary/aromatic N) is 1. The highest BCUT2D eigenvalue weighted by Gasteiger charge is 2.42. The second-order valence-electron chi connectivity index (χ2n) is 25.4. The number of carbonyl (C=O) groups excluding carboxylic acids is 11. The number of para-hydroxylation sites is 2. The van der Waals surface area contributed by atoms with Crippen molar-refractivity contribution in [2.75, 3.05) is 13.1 Å². The van der Waals surface area contributed by atoms with Gasteiger partial charge in [0.15, 0.2) is 0 Å². The minimum Gasteiger partial charge on any atom is -0.508 e. The van der Waals surface area contributed by atoms with Gasteiger partial charge in [-0.1, -0.05) is 107 Å². The van der Waals surface area contributed by atoms with Gasteiger partial charge in [0.05, 0.1) is 12.8 Å². The number of primary amides is 1. The second-order valence-corrected chi connectivity index (χ2v) is 25.4. The number of carbonyl (C=O) groups is 12. The third kappa shape index (κ3) is 20.0. The molecule has 4 aromatic carbocycles. The fraction of sp³-hybridized carbons (Fsp3) is 0.420. The van der Waals surface area contributed by atoms with E-state index in [1.807, 2.05) is 12.1 Å². The SMILES string of the molecule is CC(C)C[C@@H]1NC(=O)[C@H](CCCN)NC(=O)[C@H](C(C)C)NC(=O)[C@H](Cc2c[nH]c3ccccc23)NC(=O)[C@@H](CC(=O)O)NC(=O)[C@H](CC(N)=O)NC(=O)[C@@H](Cc2ccccc2)NC(=O)[C@H](Cc2cc3ccccc3[nH]2)NC(=O)[C@@H]2CCCN2C(=O)[C@@H](Cc2ccc(O)cc2)NC1=O. The van der Waals surface area contributed by atoms with Crippen molar-refractivity contribution in [2.45, 2.75) is 159 Å². The van der Waals surface area contributed by atoms with Crippen LogP contribution in [0.5, 0.6) is 5.75 Å². The Kier molecular flexibility index (Phi) is 25.0. The summed E-state index contributed by atoms with van der Waals surface area (Å²) in [5.41, 5.74) is 14.9. The van der Waals surface area contributed by atoms with E-state index >= 15 is 14.4 Å². The summed E-state index contributed by atoms with van der Waals surface area (Å²) in [5.74, 6) is -13.2. The van der Waals surface area contributed by atoms with Crippen molar-refractivity contribution in [1.29, 1.82) is 0 Å². The van der Waals surface area contributed by atoms with Crippen molar-refractivity contribution in [3.05, 3.63) is 138 Å². The molecule has 10 atom stereocenters. The number of hydrogen-bond acceptors (Lipinski definition) is 14. The van der Waals surface area contributed by atoms with Gasteiger partial charge >= 0.3 is 5.97 Å². The van der Waals surface area contributed by atoms with Gasteiger partial charge in [-0.05, 0) is 103 Å². The normalized spacial score (nSPS) is 23.5. The number of phenolic OH excluding ortho intramolecular Hbond substituents is 1. The predicted octanol–water partition coefficient (Wildman–Crippen LogP) is 0.784. The van der Waals surface area contributed by atoms with E-state index in [2.05, 4.69) is 57.8 Å². The summed E-state index contributed by atoms with van der Waals surface area (Å²) in [6, 6.07) is 14.8. The summed E-state index contributed by atoms with van der Waals surface area (Å²) in [6.45, 7) is 6.92. The molecule has 17 N–H and O–H groups in total. The van der Waals surface area contributed by atoms with Crippen molar-refractivity contribution in [3.63, 3.8) is 0 Å². The Morgan fingerprint density at radius 1 is 0.546 bits per heavy atom. The molecule has 28 nitrogen and oxygen atoms in total. The molecule has 0 radical (unpaired) electrons. The first kappa shape index (κ1) is 72.2. The molecule has 0 spiro atoms. The summed E-state index contributed by atoms with van der Waals surface area (Å²) >= 11 is 0. The van der Waals surface area contributed by atoms with Gasteiger partial charge in [0.1, 0.15) is 66.2 Å². The molecule has 4 heterocycles. The van der Waals surface area contributed by atoms with Crippen LogP contribution in [-0.4, -0.2) is 170 Å². The van der Waals surface area contributed by atoms with E-state index in [0.717, 1.165) is 5.39 Å². The molecule has 2 fully saturated rings. The van der Waals surface area contributed by atoms with Gasteiger partial charge in [0.2, 0.25) is 65.0 Å². The van der Waals surface area contributed by atoms with E-state index in [9.17, 15) is 53.4 Å². The number of aliphatic carboxylic acids is 1. The quantitative estimate of drug-likeness (QED) is 0.0566. The number of nitrogens with one attached hydrogen (secondary N) is 11. The molecule has 11 amide bonds. The molecule has 0 bridgehead atoms. The molecule has 0 aliphatic carbocycles. The number of benzene rings is 4. The molecule has 2 aliphatic heterocycles.